The number of halogens is 2. The summed E-state index contributed by atoms with van der Waals surface area (Å²) < 4.78 is 29.4. The van der Waals surface area contributed by atoms with Gasteiger partial charge < -0.3 is 5.32 Å². The van der Waals surface area contributed by atoms with Gasteiger partial charge in [-0.1, -0.05) is 0 Å². The lowest BCUT2D eigenvalue weighted by molar-refractivity contribution is 0.0939. The van der Waals surface area contributed by atoms with Crippen LogP contribution in [0.25, 0.3) is 16.9 Å². The van der Waals surface area contributed by atoms with Crippen LogP contribution in [0.3, 0.4) is 0 Å². The third-order valence-corrected chi connectivity index (χ3v) is 3.93. The molecule has 3 aromatic rings. The molecule has 1 N–H and O–H groups in total. The average molecular weight is 339 g/mol. The maximum Gasteiger partial charge on any atom is 0.287 e. The fraction of sp³-hybridized carbons (Fsp3) is 0.176. The molecule has 1 aliphatic rings. The van der Waals surface area contributed by atoms with E-state index < -0.39 is 23.1 Å². The van der Waals surface area contributed by atoms with Gasteiger partial charge in [0.2, 0.25) is 5.82 Å². The Morgan fingerprint density at radius 2 is 2.04 bits per heavy atom. The lowest BCUT2D eigenvalue weighted by Gasteiger charge is -2.10. The molecule has 2 aromatic heterocycles. The van der Waals surface area contributed by atoms with E-state index in [1.807, 2.05) is 0 Å². The third kappa shape index (κ3) is 2.59. The second-order valence-electron chi connectivity index (χ2n) is 5.76. The molecule has 0 atom stereocenters. The zero-order valence-corrected chi connectivity index (χ0v) is 12.8. The van der Waals surface area contributed by atoms with Gasteiger partial charge in [0.1, 0.15) is 28.8 Å². The molecule has 1 aromatic carbocycles. The number of hydrogen-bond donors (Lipinski definition) is 1. The number of nitrogens with zero attached hydrogens (tertiary/aromatic N) is 4. The molecule has 1 fully saturated rings. The number of benzene rings is 1. The van der Waals surface area contributed by atoms with Crippen LogP contribution in [0, 0.1) is 23.0 Å². The number of amides is 1. The summed E-state index contributed by atoms with van der Waals surface area (Å²) in [5.74, 6) is -2.47. The lowest BCUT2D eigenvalue weighted by atomic mass is 10.2. The van der Waals surface area contributed by atoms with Gasteiger partial charge in [0, 0.05) is 12.2 Å². The van der Waals surface area contributed by atoms with Crippen LogP contribution in [0.15, 0.2) is 30.5 Å². The summed E-state index contributed by atoms with van der Waals surface area (Å²) in [5.41, 5.74) is 0.0850. The van der Waals surface area contributed by atoms with E-state index in [9.17, 15) is 13.6 Å². The minimum atomic E-state index is -1.01. The van der Waals surface area contributed by atoms with Crippen molar-refractivity contribution in [3.8, 4) is 11.8 Å². The standard InChI is InChI=1S/C17H11F2N5O/c18-12-6-10(7-13(19)11(12)8-20)24-15-14(2-1-5-21-15)23-16(24)17(25)22-9-3-4-9/h1-2,5-7,9H,3-4H2,(H,22,25). The predicted octanol–water partition coefficient (Wildman–Crippen LogP) is 2.46. The summed E-state index contributed by atoms with van der Waals surface area (Å²) in [6.07, 6.45) is 3.29. The topological polar surface area (TPSA) is 83.6 Å². The predicted molar refractivity (Wildman–Crippen MR) is 84.0 cm³/mol. The first-order valence-electron chi connectivity index (χ1n) is 7.62. The molecule has 4 rings (SSSR count). The van der Waals surface area contributed by atoms with E-state index in [4.69, 9.17) is 5.26 Å². The second-order valence-corrected chi connectivity index (χ2v) is 5.76. The molecule has 0 bridgehead atoms. The van der Waals surface area contributed by atoms with Crippen molar-refractivity contribution in [1.29, 1.82) is 5.26 Å². The molecular formula is C17H11F2N5O. The van der Waals surface area contributed by atoms with Crippen LogP contribution < -0.4 is 5.32 Å². The summed E-state index contributed by atoms with van der Waals surface area (Å²) in [4.78, 5) is 20.9. The monoisotopic (exact) mass is 339 g/mol. The molecule has 1 amide bonds. The average Bonchev–Trinajstić information content (AvgIpc) is 3.31. The Kier molecular flexibility index (Phi) is 3.42. The number of nitriles is 1. The van der Waals surface area contributed by atoms with Crippen LogP contribution in [-0.2, 0) is 0 Å². The van der Waals surface area contributed by atoms with Crippen LogP contribution >= 0.6 is 0 Å². The van der Waals surface area contributed by atoms with E-state index >= 15 is 0 Å². The van der Waals surface area contributed by atoms with Gasteiger partial charge in [-0.2, -0.15) is 5.26 Å². The number of carbonyl (C=O) groups is 1. The van der Waals surface area contributed by atoms with Crippen molar-refractivity contribution in [1.82, 2.24) is 19.9 Å². The van der Waals surface area contributed by atoms with Crippen LogP contribution in [0.4, 0.5) is 8.78 Å². The first-order chi connectivity index (χ1) is 12.1. The number of fused-ring (bicyclic) bond motifs is 1. The number of hydrogen-bond acceptors (Lipinski definition) is 4. The zero-order chi connectivity index (χ0) is 17.6. The van der Waals surface area contributed by atoms with E-state index in [-0.39, 0.29) is 17.6 Å². The molecule has 2 heterocycles. The molecule has 6 nitrogen and oxygen atoms in total. The number of pyridine rings is 1. The van der Waals surface area contributed by atoms with Crippen molar-refractivity contribution in [3.63, 3.8) is 0 Å². The number of nitrogens with one attached hydrogen (secondary N) is 1. The fourth-order valence-corrected chi connectivity index (χ4v) is 2.58. The first-order valence-corrected chi connectivity index (χ1v) is 7.62. The highest BCUT2D eigenvalue weighted by atomic mass is 19.1. The maximum atomic E-state index is 14.0. The normalized spacial score (nSPS) is 13.6. The fourth-order valence-electron chi connectivity index (χ4n) is 2.58. The van der Waals surface area contributed by atoms with E-state index in [1.54, 1.807) is 12.1 Å². The van der Waals surface area contributed by atoms with Crippen LogP contribution in [0.2, 0.25) is 0 Å². The van der Waals surface area contributed by atoms with Gasteiger partial charge in [0.05, 0.1) is 5.69 Å². The number of imidazole rings is 1. The lowest BCUT2D eigenvalue weighted by Crippen LogP contribution is -2.28. The van der Waals surface area contributed by atoms with Crippen molar-refractivity contribution in [2.24, 2.45) is 0 Å². The summed E-state index contributed by atoms with van der Waals surface area (Å²) in [7, 11) is 0. The number of aromatic nitrogens is 3. The first kappa shape index (κ1) is 15.2. The summed E-state index contributed by atoms with van der Waals surface area (Å²) in [6, 6.07) is 6.87. The van der Waals surface area contributed by atoms with E-state index in [0.717, 1.165) is 25.0 Å². The molecule has 8 heteroatoms. The summed E-state index contributed by atoms with van der Waals surface area (Å²) in [5, 5.41) is 11.6. The Balaban J connectivity index is 1.93. The number of rotatable bonds is 3. The van der Waals surface area contributed by atoms with Crippen molar-refractivity contribution < 1.29 is 13.6 Å². The molecule has 25 heavy (non-hydrogen) atoms. The molecule has 0 unspecified atom stereocenters. The summed E-state index contributed by atoms with van der Waals surface area (Å²) in [6.45, 7) is 0. The Morgan fingerprint density at radius 3 is 2.68 bits per heavy atom. The van der Waals surface area contributed by atoms with Crippen LogP contribution in [0.5, 0.6) is 0 Å². The minimum Gasteiger partial charge on any atom is -0.347 e. The van der Waals surface area contributed by atoms with Crippen molar-refractivity contribution in [3.05, 3.63) is 53.5 Å². The van der Waals surface area contributed by atoms with Gasteiger partial charge in [-0.05, 0) is 37.1 Å². The quantitative estimate of drug-likeness (QED) is 0.794. The van der Waals surface area contributed by atoms with Gasteiger partial charge in [-0.25, -0.2) is 18.7 Å². The molecule has 0 spiro atoms. The molecule has 1 saturated carbocycles. The van der Waals surface area contributed by atoms with Crippen LogP contribution in [-0.4, -0.2) is 26.5 Å². The van der Waals surface area contributed by atoms with Crippen molar-refractivity contribution in [2.45, 2.75) is 18.9 Å². The molecule has 0 radical (unpaired) electrons. The maximum absolute atomic E-state index is 14.0. The largest absolute Gasteiger partial charge is 0.347 e. The van der Waals surface area contributed by atoms with Crippen molar-refractivity contribution in [2.75, 3.05) is 0 Å². The minimum absolute atomic E-state index is 0.0101. The van der Waals surface area contributed by atoms with Gasteiger partial charge in [0.15, 0.2) is 5.65 Å². The molecule has 1 aliphatic carbocycles. The van der Waals surface area contributed by atoms with E-state index in [2.05, 4.69) is 15.3 Å². The van der Waals surface area contributed by atoms with Gasteiger partial charge in [-0.15, -0.1) is 0 Å². The third-order valence-electron chi connectivity index (χ3n) is 3.93. The van der Waals surface area contributed by atoms with Gasteiger partial charge in [0.25, 0.3) is 5.91 Å². The van der Waals surface area contributed by atoms with Gasteiger partial charge >= 0.3 is 0 Å². The van der Waals surface area contributed by atoms with E-state index in [0.29, 0.717) is 11.2 Å². The summed E-state index contributed by atoms with van der Waals surface area (Å²) >= 11 is 0. The van der Waals surface area contributed by atoms with Crippen LogP contribution in [0.1, 0.15) is 29.0 Å². The highest BCUT2D eigenvalue weighted by molar-refractivity contribution is 5.95. The Bertz CT molecular complexity index is 1030. The van der Waals surface area contributed by atoms with Crippen molar-refractivity contribution >= 4 is 17.1 Å². The van der Waals surface area contributed by atoms with E-state index in [1.165, 1.54) is 16.8 Å². The molecule has 124 valence electrons. The molecule has 0 saturated heterocycles. The Morgan fingerprint density at radius 1 is 1.32 bits per heavy atom. The number of carbonyl (C=O) groups excluding carboxylic acids is 1. The molecular weight excluding hydrogens is 328 g/mol. The SMILES string of the molecule is N#Cc1c(F)cc(-n2c(C(=O)NC3CC3)nc3cccnc32)cc1F. The second kappa shape index (κ2) is 5.63. The highest BCUT2D eigenvalue weighted by Gasteiger charge is 2.28. The Hall–Kier alpha value is -3.34. The highest BCUT2D eigenvalue weighted by Crippen LogP contribution is 2.25. The molecule has 0 aliphatic heterocycles. The smallest absolute Gasteiger partial charge is 0.287 e. The zero-order valence-electron chi connectivity index (χ0n) is 12.8. The Labute approximate surface area is 140 Å². The van der Waals surface area contributed by atoms with Gasteiger partial charge in [-0.3, -0.25) is 9.36 Å².